The molecule has 2 aromatic rings. The molecule has 1 aromatic carbocycles. The zero-order chi connectivity index (χ0) is 11.0. The van der Waals surface area contributed by atoms with Gasteiger partial charge in [0.2, 0.25) is 0 Å². The van der Waals surface area contributed by atoms with Gasteiger partial charge in [-0.1, -0.05) is 30.3 Å². The smallest absolute Gasteiger partial charge is 0.0926 e. The van der Waals surface area contributed by atoms with E-state index in [-0.39, 0.29) is 6.04 Å². The molecule has 16 heavy (non-hydrogen) atoms. The molecule has 0 unspecified atom stereocenters. The maximum Gasteiger partial charge on any atom is 0.0926 e. The van der Waals surface area contributed by atoms with Crippen molar-refractivity contribution in [3.63, 3.8) is 0 Å². The summed E-state index contributed by atoms with van der Waals surface area (Å²) in [7, 11) is 0. The summed E-state index contributed by atoms with van der Waals surface area (Å²) in [5, 5.41) is 3.59. The highest BCUT2D eigenvalue weighted by atomic mass is 15.0. The van der Waals surface area contributed by atoms with Crippen LogP contribution < -0.4 is 5.32 Å². The first kappa shape index (κ1) is 9.60. The van der Waals surface area contributed by atoms with Crippen molar-refractivity contribution in [3.05, 3.63) is 53.6 Å². The average Bonchev–Trinajstić information content (AvgIpc) is 2.77. The standard InChI is InChI=1S/C13H15N3/c1-9-7-11-13(15-8-14-11)12(16-9)10-5-3-2-4-6-10/h2-6,8-9,12,16H,7H2,1H3,(H,14,15)/t9-,12-/m1/s1. The molecule has 1 aliphatic rings. The van der Waals surface area contributed by atoms with E-state index in [0.717, 1.165) is 12.1 Å². The van der Waals surface area contributed by atoms with Gasteiger partial charge in [-0.3, -0.25) is 0 Å². The fourth-order valence-electron chi connectivity index (χ4n) is 2.37. The summed E-state index contributed by atoms with van der Waals surface area (Å²) in [6, 6.07) is 11.2. The van der Waals surface area contributed by atoms with E-state index in [1.54, 1.807) is 6.33 Å². The summed E-state index contributed by atoms with van der Waals surface area (Å²) in [6.07, 6.45) is 2.82. The molecule has 0 fully saturated rings. The molecular weight excluding hydrogens is 198 g/mol. The topological polar surface area (TPSA) is 40.7 Å². The van der Waals surface area contributed by atoms with Crippen molar-refractivity contribution in [1.29, 1.82) is 0 Å². The molecule has 82 valence electrons. The molecule has 0 radical (unpaired) electrons. The van der Waals surface area contributed by atoms with Crippen molar-refractivity contribution >= 4 is 0 Å². The highest BCUT2D eigenvalue weighted by Crippen LogP contribution is 2.27. The molecule has 1 aliphatic heterocycles. The predicted octanol–water partition coefficient (Wildman–Crippen LogP) is 2.03. The van der Waals surface area contributed by atoms with Gasteiger partial charge in [0.1, 0.15) is 0 Å². The van der Waals surface area contributed by atoms with Gasteiger partial charge in [0.05, 0.1) is 18.1 Å². The third kappa shape index (κ3) is 1.53. The Balaban J connectivity index is 2.04. The van der Waals surface area contributed by atoms with Gasteiger partial charge in [-0.15, -0.1) is 0 Å². The lowest BCUT2D eigenvalue weighted by Crippen LogP contribution is -2.38. The number of nitrogens with zero attached hydrogens (tertiary/aromatic N) is 1. The molecule has 0 bridgehead atoms. The van der Waals surface area contributed by atoms with Crippen molar-refractivity contribution in [1.82, 2.24) is 15.3 Å². The van der Waals surface area contributed by atoms with Crippen molar-refractivity contribution in [2.75, 3.05) is 0 Å². The van der Waals surface area contributed by atoms with Gasteiger partial charge < -0.3 is 10.3 Å². The van der Waals surface area contributed by atoms with E-state index < -0.39 is 0 Å². The summed E-state index contributed by atoms with van der Waals surface area (Å²) >= 11 is 0. The van der Waals surface area contributed by atoms with Crippen molar-refractivity contribution in [2.45, 2.75) is 25.4 Å². The molecule has 2 heterocycles. The molecule has 0 saturated carbocycles. The van der Waals surface area contributed by atoms with E-state index >= 15 is 0 Å². The summed E-state index contributed by atoms with van der Waals surface area (Å²) < 4.78 is 0. The van der Waals surface area contributed by atoms with Gasteiger partial charge >= 0.3 is 0 Å². The lowest BCUT2D eigenvalue weighted by Gasteiger charge is -2.28. The zero-order valence-electron chi connectivity index (χ0n) is 9.27. The van der Waals surface area contributed by atoms with Crippen LogP contribution in [0.1, 0.15) is 29.9 Å². The van der Waals surface area contributed by atoms with Crippen LogP contribution in [0.25, 0.3) is 0 Å². The van der Waals surface area contributed by atoms with Gasteiger partial charge in [0.15, 0.2) is 0 Å². The highest BCUT2D eigenvalue weighted by Gasteiger charge is 2.26. The number of aromatic nitrogens is 2. The monoisotopic (exact) mass is 213 g/mol. The minimum atomic E-state index is 0.228. The summed E-state index contributed by atoms with van der Waals surface area (Å²) in [5.41, 5.74) is 3.69. The van der Waals surface area contributed by atoms with E-state index in [2.05, 4.69) is 46.5 Å². The van der Waals surface area contributed by atoms with Crippen LogP contribution in [0.3, 0.4) is 0 Å². The fraction of sp³-hybridized carbons (Fsp3) is 0.308. The first-order valence-corrected chi connectivity index (χ1v) is 5.68. The van der Waals surface area contributed by atoms with Crippen LogP contribution in [0, 0.1) is 0 Å². The Labute approximate surface area is 94.9 Å². The Hall–Kier alpha value is -1.61. The molecule has 2 atom stereocenters. The molecule has 3 heteroatoms. The molecule has 3 rings (SSSR count). The van der Waals surface area contributed by atoms with Crippen LogP contribution in [-0.4, -0.2) is 16.0 Å². The fourth-order valence-corrected chi connectivity index (χ4v) is 2.37. The van der Waals surface area contributed by atoms with Gasteiger partial charge in [-0.2, -0.15) is 0 Å². The quantitative estimate of drug-likeness (QED) is 0.761. The van der Waals surface area contributed by atoms with Crippen molar-refractivity contribution < 1.29 is 0 Å². The van der Waals surface area contributed by atoms with Crippen LogP contribution in [-0.2, 0) is 6.42 Å². The zero-order valence-corrected chi connectivity index (χ0v) is 9.27. The Morgan fingerprint density at radius 1 is 1.25 bits per heavy atom. The second-order valence-electron chi connectivity index (χ2n) is 4.38. The number of hydrogen-bond donors (Lipinski definition) is 2. The van der Waals surface area contributed by atoms with Crippen LogP contribution >= 0.6 is 0 Å². The van der Waals surface area contributed by atoms with E-state index in [1.165, 1.54) is 11.3 Å². The number of benzene rings is 1. The van der Waals surface area contributed by atoms with E-state index in [4.69, 9.17) is 0 Å². The van der Waals surface area contributed by atoms with Crippen LogP contribution in [0.5, 0.6) is 0 Å². The SMILES string of the molecule is C[C@@H]1Cc2[nH]cnc2[C@@H](c2ccccc2)N1. The minimum absolute atomic E-state index is 0.228. The Bertz CT molecular complexity index is 475. The molecule has 0 saturated heterocycles. The molecule has 0 aliphatic carbocycles. The summed E-state index contributed by atoms with van der Waals surface area (Å²) in [6.45, 7) is 2.21. The highest BCUT2D eigenvalue weighted by molar-refractivity contribution is 5.32. The number of fused-ring (bicyclic) bond motifs is 1. The maximum atomic E-state index is 4.43. The number of rotatable bonds is 1. The Kier molecular flexibility index (Phi) is 2.26. The third-order valence-corrected chi connectivity index (χ3v) is 3.12. The van der Waals surface area contributed by atoms with Crippen LogP contribution in [0.4, 0.5) is 0 Å². The lowest BCUT2D eigenvalue weighted by molar-refractivity contribution is 0.454. The Morgan fingerprint density at radius 3 is 2.88 bits per heavy atom. The average molecular weight is 213 g/mol. The third-order valence-electron chi connectivity index (χ3n) is 3.12. The first-order chi connectivity index (χ1) is 7.84. The Morgan fingerprint density at radius 2 is 2.06 bits per heavy atom. The molecule has 2 N–H and O–H groups in total. The van der Waals surface area contributed by atoms with E-state index in [0.29, 0.717) is 6.04 Å². The number of aromatic amines is 1. The lowest BCUT2D eigenvalue weighted by atomic mass is 9.95. The van der Waals surface area contributed by atoms with Gasteiger partial charge in [-0.25, -0.2) is 4.98 Å². The molecule has 0 amide bonds. The molecule has 1 aromatic heterocycles. The normalized spacial score (nSPS) is 24.1. The van der Waals surface area contributed by atoms with E-state index in [1.807, 2.05) is 6.07 Å². The van der Waals surface area contributed by atoms with Crippen LogP contribution in [0.2, 0.25) is 0 Å². The second kappa shape index (κ2) is 3.76. The number of H-pyrrole nitrogens is 1. The second-order valence-corrected chi connectivity index (χ2v) is 4.38. The van der Waals surface area contributed by atoms with Gasteiger partial charge in [0.25, 0.3) is 0 Å². The van der Waals surface area contributed by atoms with Crippen LogP contribution in [0.15, 0.2) is 36.7 Å². The molecule has 0 spiro atoms. The van der Waals surface area contributed by atoms with Crippen molar-refractivity contribution in [2.24, 2.45) is 0 Å². The predicted molar refractivity (Wildman–Crippen MR) is 63.2 cm³/mol. The summed E-state index contributed by atoms with van der Waals surface area (Å²) in [4.78, 5) is 7.67. The molecule has 3 nitrogen and oxygen atoms in total. The number of nitrogens with one attached hydrogen (secondary N) is 2. The minimum Gasteiger partial charge on any atom is -0.348 e. The first-order valence-electron chi connectivity index (χ1n) is 5.68. The molecular formula is C13H15N3. The van der Waals surface area contributed by atoms with Gasteiger partial charge in [0, 0.05) is 18.2 Å². The number of hydrogen-bond acceptors (Lipinski definition) is 2. The van der Waals surface area contributed by atoms with Gasteiger partial charge in [-0.05, 0) is 12.5 Å². The summed E-state index contributed by atoms with van der Waals surface area (Å²) in [5.74, 6) is 0. The van der Waals surface area contributed by atoms with E-state index in [9.17, 15) is 0 Å². The largest absolute Gasteiger partial charge is 0.348 e. The maximum absolute atomic E-state index is 4.43. The van der Waals surface area contributed by atoms with Crippen molar-refractivity contribution in [3.8, 4) is 0 Å². The number of imidazole rings is 1.